The molecule has 3 heteroatoms. The van der Waals surface area contributed by atoms with Crippen LogP contribution in [0, 0.1) is 5.92 Å². The zero-order chi connectivity index (χ0) is 20.5. The van der Waals surface area contributed by atoms with Crippen LogP contribution < -0.4 is 0 Å². The highest BCUT2D eigenvalue weighted by Gasteiger charge is 2.25. The van der Waals surface area contributed by atoms with E-state index in [0.717, 1.165) is 37.9 Å². The number of carbonyl (C=O) groups is 1. The SMILES string of the molecule is C=C(C)/C=C(/CCC)C(C)OCC(=O)N(CC)CC1CC2=CC=C1CCCC2. The van der Waals surface area contributed by atoms with Gasteiger partial charge in [-0.1, -0.05) is 54.9 Å². The minimum absolute atomic E-state index is 0.0513. The van der Waals surface area contributed by atoms with Crippen molar-refractivity contribution in [2.24, 2.45) is 5.92 Å². The normalized spacial score (nSPS) is 20.7. The second kappa shape index (κ2) is 11.4. The van der Waals surface area contributed by atoms with Crippen molar-refractivity contribution in [3.8, 4) is 0 Å². The molecule has 156 valence electrons. The van der Waals surface area contributed by atoms with E-state index in [1.165, 1.54) is 36.8 Å². The van der Waals surface area contributed by atoms with E-state index in [2.05, 4.69) is 38.7 Å². The van der Waals surface area contributed by atoms with Gasteiger partial charge >= 0.3 is 0 Å². The molecule has 2 bridgehead atoms. The van der Waals surface area contributed by atoms with Crippen molar-refractivity contribution in [3.05, 3.63) is 47.1 Å². The maximum Gasteiger partial charge on any atom is 0.248 e. The van der Waals surface area contributed by atoms with E-state index < -0.39 is 0 Å². The Hall–Kier alpha value is -1.61. The Morgan fingerprint density at radius 1 is 1.32 bits per heavy atom. The van der Waals surface area contributed by atoms with Gasteiger partial charge in [0.1, 0.15) is 6.61 Å². The van der Waals surface area contributed by atoms with Crippen LogP contribution in [0.1, 0.15) is 72.6 Å². The molecule has 2 atom stereocenters. The predicted octanol–water partition coefficient (Wildman–Crippen LogP) is 5.99. The lowest BCUT2D eigenvalue weighted by Crippen LogP contribution is -2.39. The summed E-state index contributed by atoms with van der Waals surface area (Å²) in [4.78, 5) is 14.8. The molecule has 0 aromatic rings. The molecule has 0 radical (unpaired) electrons. The molecule has 0 saturated heterocycles. The van der Waals surface area contributed by atoms with Crippen molar-refractivity contribution in [1.29, 1.82) is 0 Å². The molecule has 3 aliphatic carbocycles. The third kappa shape index (κ3) is 6.77. The van der Waals surface area contributed by atoms with Crippen molar-refractivity contribution in [1.82, 2.24) is 4.90 Å². The molecule has 1 amide bonds. The van der Waals surface area contributed by atoms with Crippen molar-refractivity contribution < 1.29 is 9.53 Å². The standard InChI is InChI=1S/C25H39NO2/c1-6-10-23(15-19(3)4)20(5)28-18-25(27)26(7-2)17-24-16-21-11-8-9-12-22(24)14-13-21/h13-15,20,24H,3,6-12,16-18H2,1-2,4-5H3/b23-15-. The molecule has 3 nitrogen and oxygen atoms in total. The summed E-state index contributed by atoms with van der Waals surface area (Å²) in [5.74, 6) is 0.591. The van der Waals surface area contributed by atoms with Gasteiger partial charge in [0, 0.05) is 19.0 Å². The summed E-state index contributed by atoms with van der Waals surface area (Å²) < 4.78 is 5.97. The molecule has 0 N–H and O–H groups in total. The van der Waals surface area contributed by atoms with Crippen LogP contribution >= 0.6 is 0 Å². The molecular weight excluding hydrogens is 346 g/mol. The fraction of sp³-hybridized carbons (Fsp3) is 0.640. The summed E-state index contributed by atoms with van der Waals surface area (Å²) in [5, 5.41) is 0. The molecule has 0 aliphatic heterocycles. The topological polar surface area (TPSA) is 29.5 Å². The first-order valence-electron chi connectivity index (χ1n) is 11.1. The number of nitrogens with zero attached hydrogens (tertiary/aromatic N) is 1. The van der Waals surface area contributed by atoms with Crippen LogP contribution in [-0.2, 0) is 9.53 Å². The smallest absolute Gasteiger partial charge is 0.248 e. The van der Waals surface area contributed by atoms with E-state index in [-0.39, 0.29) is 18.6 Å². The van der Waals surface area contributed by atoms with Crippen LogP contribution in [0.2, 0.25) is 0 Å². The van der Waals surface area contributed by atoms with Crippen LogP contribution in [0.15, 0.2) is 47.1 Å². The van der Waals surface area contributed by atoms with Crippen molar-refractivity contribution in [2.45, 2.75) is 78.7 Å². The average molecular weight is 386 g/mol. The van der Waals surface area contributed by atoms with E-state index in [0.29, 0.717) is 5.92 Å². The average Bonchev–Trinajstić information content (AvgIpc) is 2.64. The Morgan fingerprint density at radius 2 is 2.07 bits per heavy atom. The first-order valence-corrected chi connectivity index (χ1v) is 11.1. The highest BCUT2D eigenvalue weighted by atomic mass is 16.5. The first kappa shape index (κ1) is 22.7. The number of rotatable bonds is 10. The van der Waals surface area contributed by atoms with E-state index in [1.54, 1.807) is 5.57 Å². The second-order valence-corrected chi connectivity index (χ2v) is 8.38. The van der Waals surface area contributed by atoms with Crippen molar-refractivity contribution in [3.63, 3.8) is 0 Å². The van der Waals surface area contributed by atoms with Crippen LogP contribution in [0.4, 0.5) is 0 Å². The largest absolute Gasteiger partial charge is 0.364 e. The van der Waals surface area contributed by atoms with Crippen molar-refractivity contribution in [2.75, 3.05) is 19.7 Å². The van der Waals surface area contributed by atoms with E-state index in [4.69, 9.17) is 4.74 Å². The zero-order valence-corrected chi connectivity index (χ0v) is 18.4. The summed E-state index contributed by atoms with van der Waals surface area (Å²) in [7, 11) is 0. The van der Waals surface area contributed by atoms with Gasteiger partial charge < -0.3 is 9.64 Å². The summed E-state index contributed by atoms with van der Waals surface area (Å²) >= 11 is 0. The molecule has 0 spiro atoms. The van der Waals surface area contributed by atoms with Crippen molar-refractivity contribution >= 4 is 5.91 Å². The summed E-state index contributed by atoms with van der Waals surface area (Å²) in [5.41, 5.74) is 5.33. The number of allylic oxidation sites excluding steroid dienone is 5. The maximum atomic E-state index is 12.8. The lowest BCUT2D eigenvalue weighted by Gasteiger charge is -2.33. The van der Waals surface area contributed by atoms with Crippen LogP contribution in [0.25, 0.3) is 0 Å². The van der Waals surface area contributed by atoms with Crippen LogP contribution in [0.3, 0.4) is 0 Å². The fourth-order valence-electron chi connectivity index (χ4n) is 4.28. The first-order chi connectivity index (χ1) is 13.4. The molecule has 1 saturated carbocycles. The fourth-order valence-corrected chi connectivity index (χ4v) is 4.28. The van der Waals surface area contributed by atoms with Gasteiger partial charge in [0.05, 0.1) is 6.10 Å². The van der Waals surface area contributed by atoms with Crippen LogP contribution in [-0.4, -0.2) is 36.6 Å². The van der Waals surface area contributed by atoms with Gasteiger partial charge in [0.15, 0.2) is 0 Å². The van der Waals surface area contributed by atoms with Gasteiger partial charge in [-0.2, -0.15) is 0 Å². The highest BCUT2D eigenvalue weighted by molar-refractivity contribution is 5.77. The number of hydrogen-bond donors (Lipinski definition) is 0. The van der Waals surface area contributed by atoms with Gasteiger partial charge in [-0.15, -0.1) is 0 Å². The number of amides is 1. The molecule has 0 heterocycles. The molecule has 1 fully saturated rings. The molecule has 2 unspecified atom stereocenters. The Balaban J connectivity index is 1.92. The quantitative estimate of drug-likeness (QED) is 0.432. The minimum Gasteiger partial charge on any atom is -0.364 e. The zero-order valence-electron chi connectivity index (χ0n) is 18.4. The Bertz CT molecular complexity index is 641. The third-order valence-electron chi connectivity index (χ3n) is 5.90. The predicted molar refractivity (Wildman–Crippen MR) is 118 cm³/mol. The molecule has 28 heavy (non-hydrogen) atoms. The number of ether oxygens (including phenoxy) is 1. The van der Waals surface area contributed by atoms with Crippen LogP contribution in [0.5, 0.6) is 0 Å². The summed E-state index contributed by atoms with van der Waals surface area (Å²) in [6, 6.07) is 0. The van der Waals surface area contributed by atoms with E-state index in [9.17, 15) is 4.79 Å². The molecule has 3 aliphatic rings. The van der Waals surface area contributed by atoms with Gasteiger partial charge in [0.25, 0.3) is 0 Å². The lowest BCUT2D eigenvalue weighted by molar-refractivity contribution is -0.137. The summed E-state index contributed by atoms with van der Waals surface area (Å²) in [6.45, 7) is 14.0. The summed E-state index contributed by atoms with van der Waals surface area (Å²) in [6.07, 6.45) is 14.8. The number of fused-ring (bicyclic) bond motifs is 5. The minimum atomic E-state index is -0.0513. The number of likely N-dealkylation sites (N-methyl/N-ethyl adjacent to an activating group) is 1. The lowest BCUT2D eigenvalue weighted by atomic mass is 9.80. The van der Waals surface area contributed by atoms with Gasteiger partial charge in [0.2, 0.25) is 5.91 Å². The number of hydrogen-bond acceptors (Lipinski definition) is 2. The monoisotopic (exact) mass is 385 g/mol. The second-order valence-electron chi connectivity index (χ2n) is 8.38. The Kier molecular flexibility index (Phi) is 9.24. The molecule has 0 aromatic heterocycles. The van der Waals surface area contributed by atoms with Gasteiger partial charge in [-0.25, -0.2) is 0 Å². The Morgan fingerprint density at radius 3 is 2.75 bits per heavy atom. The third-order valence-corrected chi connectivity index (χ3v) is 5.90. The van der Waals surface area contributed by atoms with E-state index >= 15 is 0 Å². The molecular formula is C25H39NO2. The van der Waals surface area contributed by atoms with E-state index in [1.807, 2.05) is 18.7 Å². The highest BCUT2D eigenvalue weighted by Crippen LogP contribution is 2.34. The van der Waals surface area contributed by atoms with Gasteiger partial charge in [-0.3, -0.25) is 4.79 Å². The number of carbonyl (C=O) groups excluding carboxylic acids is 1. The maximum absolute atomic E-state index is 12.8. The van der Waals surface area contributed by atoms with Gasteiger partial charge in [-0.05, 0) is 64.9 Å². The molecule has 0 aromatic carbocycles. The Labute approximate surface area is 172 Å². The molecule has 3 rings (SSSR count).